The molecule has 3 rings (SSSR count). The van der Waals surface area contributed by atoms with Crippen molar-refractivity contribution in [2.24, 2.45) is 0 Å². The summed E-state index contributed by atoms with van der Waals surface area (Å²) in [5, 5.41) is 3.74. The topological polar surface area (TPSA) is 44.0 Å². The highest BCUT2D eigenvalue weighted by molar-refractivity contribution is 5.74. The molecule has 1 fully saturated rings. The highest BCUT2D eigenvalue weighted by Crippen LogP contribution is 2.18. The number of likely N-dealkylation sites (tertiary alicyclic amines) is 1. The van der Waals surface area contributed by atoms with Crippen molar-refractivity contribution in [2.75, 3.05) is 19.6 Å². The quantitative estimate of drug-likeness (QED) is 0.887. The molecule has 1 unspecified atom stereocenters. The van der Waals surface area contributed by atoms with Gasteiger partial charge in [0.1, 0.15) is 5.82 Å². The van der Waals surface area contributed by atoms with Gasteiger partial charge in [0.05, 0.1) is 17.1 Å². The molecule has 2 N–H and O–H groups in total. The van der Waals surface area contributed by atoms with Crippen LogP contribution in [0.3, 0.4) is 0 Å². The summed E-state index contributed by atoms with van der Waals surface area (Å²) in [5.41, 5.74) is 2.18. The first-order chi connectivity index (χ1) is 10.3. The first-order valence-electron chi connectivity index (χ1n) is 8.19. The van der Waals surface area contributed by atoms with Gasteiger partial charge >= 0.3 is 0 Å². The maximum atomic E-state index is 4.69. The minimum absolute atomic E-state index is 0.278. The standard InChI is InChI=1S/C17H26N4/c1-3-10-21-11-8-14(9-12-21)18-13(2)17-19-15-6-4-5-7-16(15)20-17/h4-7,13-14,18H,3,8-12H2,1-2H3,(H,19,20). The van der Waals surface area contributed by atoms with E-state index in [1.807, 2.05) is 12.1 Å². The predicted octanol–water partition coefficient (Wildman–Crippen LogP) is 3.09. The van der Waals surface area contributed by atoms with E-state index in [0.29, 0.717) is 6.04 Å². The van der Waals surface area contributed by atoms with Gasteiger partial charge in [-0.25, -0.2) is 4.98 Å². The summed E-state index contributed by atoms with van der Waals surface area (Å²) in [6.07, 6.45) is 3.74. The van der Waals surface area contributed by atoms with Crippen molar-refractivity contribution in [3.63, 3.8) is 0 Å². The van der Waals surface area contributed by atoms with Crippen LogP contribution in [0.1, 0.15) is 45.0 Å². The van der Waals surface area contributed by atoms with Gasteiger partial charge in [-0.15, -0.1) is 0 Å². The van der Waals surface area contributed by atoms with E-state index in [4.69, 9.17) is 4.98 Å². The monoisotopic (exact) mass is 286 g/mol. The zero-order chi connectivity index (χ0) is 14.7. The average Bonchev–Trinajstić information content (AvgIpc) is 2.94. The summed E-state index contributed by atoms with van der Waals surface area (Å²) in [7, 11) is 0. The van der Waals surface area contributed by atoms with E-state index in [0.717, 1.165) is 16.9 Å². The summed E-state index contributed by atoms with van der Waals surface area (Å²) < 4.78 is 0. The van der Waals surface area contributed by atoms with Crippen LogP contribution in [0, 0.1) is 0 Å². The molecule has 21 heavy (non-hydrogen) atoms. The predicted molar refractivity (Wildman–Crippen MR) is 87.4 cm³/mol. The van der Waals surface area contributed by atoms with Crippen molar-refractivity contribution in [2.45, 2.75) is 45.2 Å². The Hall–Kier alpha value is -1.39. The first kappa shape index (κ1) is 14.5. The molecule has 0 bridgehead atoms. The van der Waals surface area contributed by atoms with Crippen molar-refractivity contribution in [1.29, 1.82) is 0 Å². The number of fused-ring (bicyclic) bond motifs is 1. The highest BCUT2D eigenvalue weighted by atomic mass is 15.1. The molecule has 1 atom stereocenters. The Bertz CT molecular complexity index is 536. The van der Waals surface area contributed by atoms with Crippen LogP contribution in [0.4, 0.5) is 0 Å². The lowest BCUT2D eigenvalue weighted by Gasteiger charge is -2.33. The van der Waals surface area contributed by atoms with Gasteiger partial charge in [-0.05, 0) is 58.0 Å². The Labute approximate surface area is 126 Å². The molecule has 0 saturated carbocycles. The summed E-state index contributed by atoms with van der Waals surface area (Å²) >= 11 is 0. The number of aromatic nitrogens is 2. The SMILES string of the molecule is CCCN1CCC(NC(C)c2nc3ccccc3[nH]2)CC1. The fourth-order valence-electron chi connectivity index (χ4n) is 3.25. The van der Waals surface area contributed by atoms with Gasteiger partial charge in [-0.3, -0.25) is 0 Å². The lowest BCUT2D eigenvalue weighted by atomic mass is 10.0. The molecule has 1 aromatic heterocycles. The molecule has 0 aliphatic carbocycles. The fourth-order valence-corrected chi connectivity index (χ4v) is 3.25. The van der Waals surface area contributed by atoms with E-state index < -0.39 is 0 Å². The molecule has 0 amide bonds. The van der Waals surface area contributed by atoms with Crippen LogP contribution in [-0.4, -0.2) is 40.5 Å². The smallest absolute Gasteiger partial charge is 0.124 e. The number of hydrogen-bond acceptors (Lipinski definition) is 3. The van der Waals surface area contributed by atoms with E-state index in [2.05, 4.69) is 41.2 Å². The largest absolute Gasteiger partial charge is 0.341 e. The van der Waals surface area contributed by atoms with E-state index >= 15 is 0 Å². The van der Waals surface area contributed by atoms with E-state index in [1.54, 1.807) is 0 Å². The van der Waals surface area contributed by atoms with Crippen LogP contribution in [0.2, 0.25) is 0 Å². The second-order valence-electron chi connectivity index (χ2n) is 6.14. The zero-order valence-electron chi connectivity index (χ0n) is 13.1. The number of benzene rings is 1. The first-order valence-corrected chi connectivity index (χ1v) is 8.19. The lowest BCUT2D eigenvalue weighted by molar-refractivity contribution is 0.192. The second kappa shape index (κ2) is 6.58. The Kier molecular flexibility index (Phi) is 4.56. The Morgan fingerprint density at radius 2 is 2.10 bits per heavy atom. The highest BCUT2D eigenvalue weighted by Gasteiger charge is 2.21. The van der Waals surface area contributed by atoms with Gasteiger partial charge in [0.25, 0.3) is 0 Å². The third-order valence-electron chi connectivity index (χ3n) is 4.43. The number of imidazole rings is 1. The van der Waals surface area contributed by atoms with Crippen molar-refractivity contribution in [3.8, 4) is 0 Å². The van der Waals surface area contributed by atoms with E-state index in [-0.39, 0.29) is 6.04 Å². The van der Waals surface area contributed by atoms with Crippen molar-refractivity contribution < 1.29 is 0 Å². The van der Waals surface area contributed by atoms with Crippen molar-refractivity contribution in [1.82, 2.24) is 20.2 Å². The summed E-state index contributed by atoms with van der Waals surface area (Å²) in [4.78, 5) is 10.7. The molecular weight excluding hydrogens is 260 g/mol. The molecule has 1 aromatic carbocycles. The van der Waals surface area contributed by atoms with Crippen LogP contribution in [0.5, 0.6) is 0 Å². The zero-order valence-corrected chi connectivity index (χ0v) is 13.1. The number of nitrogens with zero attached hydrogens (tertiary/aromatic N) is 2. The van der Waals surface area contributed by atoms with Crippen LogP contribution in [0.15, 0.2) is 24.3 Å². The van der Waals surface area contributed by atoms with Crippen molar-refractivity contribution in [3.05, 3.63) is 30.1 Å². The van der Waals surface area contributed by atoms with E-state index in [9.17, 15) is 0 Å². The maximum Gasteiger partial charge on any atom is 0.124 e. The second-order valence-corrected chi connectivity index (χ2v) is 6.14. The molecule has 2 heterocycles. The number of aromatic amines is 1. The molecular formula is C17H26N4. The van der Waals surface area contributed by atoms with Crippen LogP contribution >= 0.6 is 0 Å². The number of piperidine rings is 1. The number of H-pyrrole nitrogens is 1. The summed E-state index contributed by atoms with van der Waals surface area (Å²) in [5.74, 6) is 1.05. The Morgan fingerprint density at radius 3 is 2.81 bits per heavy atom. The molecule has 4 nitrogen and oxygen atoms in total. The normalized spacial score (nSPS) is 19.1. The molecule has 1 saturated heterocycles. The van der Waals surface area contributed by atoms with Gasteiger partial charge in [0, 0.05) is 6.04 Å². The molecule has 114 valence electrons. The molecule has 1 aliphatic rings. The third-order valence-corrected chi connectivity index (χ3v) is 4.43. The van der Waals surface area contributed by atoms with Crippen LogP contribution in [0.25, 0.3) is 11.0 Å². The summed E-state index contributed by atoms with van der Waals surface area (Å²) in [6, 6.07) is 9.12. The molecule has 0 radical (unpaired) electrons. The summed E-state index contributed by atoms with van der Waals surface area (Å²) in [6.45, 7) is 8.15. The fraction of sp³-hybridized carbons (Fsp3) is 0.588. The third kappa shape index (κ3) is 3.44. The van der Waals surface area contributed by atoms with Gasteiger partial charge in [0.15, 0.2) is 0 Å². The van der Waals surface area contributed by atoms with Gasteiger partial charge < -0.3 is 15.2 Å². The van der Waals surface area contributed by atoms with Gasteiger partial charge in [-0.1, -0.05) is 19.1 Å². The number of hydrogen-bond donors (Lipinski definition) is 2. The van der Waals surface area contributed by atoms with E-state index in [1.165, 1.54) is 38.9 Å². The minimum Gasteiger partial charge on any atom is -0.341 e. The Morgan fingerprint density at radius 1 is 1.33 bits per heavy atom. The number of para-hydroxylation sites is 2. The molecule has 0 spiro atoms. The maximum absolute atomic E-state index is 4.69. The molecule has 4 heteroatoms. The number of rotatable bonds is 5. The number of nitrogens with one attached hydrogen (secondary N) is 2. The van der Waals surface area contributed by atoms with Gasteiger partial charge in [-0.2, -0.15) is 0 Å². The average molecular weight is 286 g/mol. The minimum atomic E-state index is 0.278. The molecule has 1 aliphatic heterocycles. The molecule has 2 aromatic rings. The lowest BCUT2D eigenvalue weighted by Crippen LogP contribution is -2.43. The van der Waals surface area contributed by atoms with Crippen LogP contribution in [-0.2, 0) is 0 Å². The Balaban J connectivity index is 1.58. The van der Waals surface area contributed by atoms with Crippen LogP contribution < -0.4 is 5.32 Å². The van der Waals surface area contributed by atoms with Crippen molar-refractivity contribution >= 4 is 11.0 Å². The van der Waals surface area contributed by atoms with Gasteiger partial charge in [0.2, 0.25) is 0 Å².